The second-order valence-electron chi connectivity index (χ2n) is 4.58. The minimum Gasteiger partial charge on any atom is -0.444 e. The summed E-state index contributed by atoms with van der Waals surface area (Å²) in [6.45, 7) is 1.30. The van der Waals surface area contributed by atoms with Gasteiger partial charge in [0.1, 0.15) is 12.6 Å². The van der Waals surface area contributed by atoms with Crippen LogP contribution < -0.4 is 11.1 Å². The van der Waals surface area contributed by atoms with E-state index in [1.165, 1.54) is 6.92 Å². The molecule has 1 rings (SSSR count). The first-order valence-corrected chi connectivity index (χ1v) is 8.16. The maximum absolute atomic E-state index is 11.7. The SMILES string of the molecule is CC(OS(C)(=O)=O)C(N)C(=O)NC(=O)OCc1ccccc1. The third-order valence-electron chi connectivity index (χ3n) is 2.57. The van der Waals surface area contributed by atoms with Crippen LogP contribution in [0.1, 0.15) is 12.5 Å². The summed E-state index contributed by atoms with van der Waals surface area (Å²) in [5.74, 6) is -0.894. The number of nitrogens with two attached hydrogens (primary N) is 1. The van der Waals surface area contributed by atoms with Crippen LogP contribution in [0.3, 0.4) is 0 Å². The molecule has 2 amide bonds. The van der Waals surface area contributed by atoms with Crippen molar-refractivity contribution in [1.82, 2.24) is 5.32 Å². The number of benzene rings is 1. The molecule has 3 N–H and O–H groups in total. The van der Waals surface area contributed by atoms with E-state index in [2.05, 4.69) is 4.18 Å². The molecule has 22 heavy (non-hydrogen) atoms. The van der Waals surface area contributed by atoms with Crippen LogP contribution in [0.4, 0.5) is 4.79 Å². The summed E-state index contributed by atoms with van der Waals surface area (Å²) in [5, 5.41) is 1.92. The summed E-state index contributed by atoms with van der Waals surface area (Å²) in [7, 11) is -3.75. The van der Waals surface area contributed by atoms with Crippen molar-refractivity contribution in [2.45, 2.75) is 25.7 Å². The fraction of sp³-hybridized carbons (Fsp3) is 0.385. The molecule has 0 aromatic heterocycles. The van der Waals surface area contributed by atoms with Crippen LogP contribution in [0.2, 0.25) is 0 Å². The van der Waals surface area contributed by atoms with Gasteiger partial charge >= 0.3 is 6.09 Å². The van der Waals surface area contributed by atoms with Gasteiger partial charge in [-0.3, -0.25) is 14.3 Å². The van der Waals surface area contributed by atoms with Crippen LogP contribution in [0, 0.1) is 0 Å². The molecule has 0 saturated heterocycles. The van der Waals surface area contributed by atoms with Crippen molar-refractivity contribution in [3.63, 3.8) is 0 Å². The average Bonchev–Trinajstić information content (AvgIpc) is 2.43. The Hall–Kier alpha value is -1.97. The normalized spacial score (nSPS) is 14.0. The third-order valence-corrected chi connectivity index (χ3v) is 3.23. The van der Waals surface area contributed by atoms with E-state index < -0.39 is 34.3 Å². The molecule has 0 radical (unpaired) electrons. The Morgan fingerprint density at radius 1 is 1.27 bits per heavy atom. The molecule has 1 aromatic rings. The maximum atomic E-state index is 11.7. The number of hydrogen-bond acceptors (Lipinski definition) is 7. The van der Waals surface area contributed by atoms with Gasteiger partial charge in [0.25, 0.3) is 10.1 Å². The van der Waals surface area contributed by atoms with Crippen LogP contribution in [0.25, 0.3) is 0 Å². The molecule has 2 atom stereocenters. The number of hydrogen-bond donors (Lipinski definition) is 2. The highest BCUT2D eigenvalue weighted by Gasteiger charge is 2.26. The lowest BCUT2D eigenvalue weighted by molar-refractivity contribution is -0.123. The monoisotopic (exact) mass is 330 g/mol. The van der Waals surface area contributed by atoms with Crippen molar-refractivity contribution in [2.24, 2.45) is 5.73 Å². The number of amides is 2. The lowest BCUT2D eigenvalue weighted by Gasteiger charge is -2.17. The Balaban J connectivity index is 2.44. The number of imide groups is 1. The summed E-state index contributed by atoms with van der Waals surface area (Å²) in [5.41, 5.74) is 6.27. The number of alkyl carbamates (subject to hydrolysis) is 1. The largest absolute Gasteiger partial charge is 0.444 e. The van der Waals surface area contributed by atoms with Gasteiger partial charge in [-0.15, -0.1) is 0 Å². The second kappa shape index (κ2) is 7.87. The highest BCUT2D eigenvalue weighted by molar-refractivity contribution is 7.86. The molecule has 2 unspecified atom stereocenters. The van der Waals surface area contributed by atoms with Gasteiger partial charge in [-0.1, -0.05) is 30.3 Å². The Morgan fingerprint density at radius 3 is 2.41 bits per heavy atom. The van der Waals surface area contributed by atoms with Gasteiger partial charge in [-0.05, 0) is 12.5 Å². The van der Waals surface area contributed by atoms with Gasteiger partial charge < -0.3 is 10.5 Å². The van der Waals surface area contributed by atoms with E-state index in [1.54, 1.807) is 24.3 Å². The maximum Gasteiger partial charge on any atom is 0.414 e. The average molecular weight is 330 g/mol. The fourth-order valence-electron chi connectivity index (χ4n) is 1.49. The fourth-order valence-corrected chi connectivity index (χ4v) is 2.16. The van der Waals surface area contributed by atoms with Crippen LogP contribution in [0.15, 0.2) is 30.3 Å². The number of carbonyl (C=O) groups excluding carboxylic acids is 2. The van der Waals surface area contributed by atoms with E-state index in [0.717, 1.165) is 11.8 Å². The summed E-state index contributed by atoms with van der Waals surface area (Å²) < 4.78 is 31.3. The van der Waals surface area contributed by atoms with E-state index in [9.17, 15) is 18.0 Å². The predicted molar refractivity (Wildman–Crippen MR) is 78.1 cm³/mol. The highest BCUT2D eigenvalue weighted by atomic mass is 32.2. The van der Waals surface area contributed by atoms with Gasteiger partial charge in [0.2, 0.25) is 5.91 Å². The first-order chi connectivity index (χ1) is 10.2. The second-order valence-corrected chi connectivity index (χ2v) is 6.18. The molecule has 0 fully saturated rings. The number of rotatable bonds is 6. The summed E-state index contributed by atoms with van der Waals surface area (Å²) in [4.78, 5) is 23.2. The Labute approximate surface area is 128 Å². The zero-order valence-corrected chi connectivity index (χ0v) is 13.0. The van der Waals surface area contributed by atoms with Gasteiger partial charge in [0.05, 0.1) is 12.4 Å². The van der Waals surface area contributed by atoms with Crippen LogP contribution in [-0.4, -0.2) is 38.8 Å². The van der Waals surface area contributed by atoms with Crippen molar-refractivity contribution in [3.05, 3.63) is 35.9 Å². The van der Waals surface area contributed by atoms with E-state index >= 15 is 0 Å². The predicted octanol–water partition coefficient (Wildman–Crippen LogP) is 0.131. The molecule has 122 valence electrons. The number of carbonyl (C=O) groups is 2. The summed E-state index contributed by atoms with van der Waals surface area (Å²) in [6, 6.07) is 7.55. The van der Waals surface area contributed by atoms with Crippen molar-refractivity contribution in [2.75, 3.05) is 6.26 Å². The van der Waals surface area contributed by atoms with Gasteiger partial charge in [0, 0.05) is 0 Å². The van der Waals surface area contributed by atoms with Crippen LogP contribution in [0.5, 0.6) is 0 Å². The van der Waals surface area contributed by atoms with Gasteiger partial charge in [-0.2, -0.15) is 8.42 Å². The Bertz CT molecular complexity index is 617. The molecular formula is C13H18N2O6S. The molecular weight excluding hydrogens is 312 g/mol. The molecule has 0 aliphatic heterocycles. The number of nitrogens with one attached hydrogen (secondary N) is 1. The molecule has 0 bridgehead atoms. The zero-order chi connectivity index (χ0) is 16.8. The molecule has 1 aromatic carbocycles. The Kier molecular flexibility index (Phi) is 6.47. The lowest BCUT2D eigenvalue weighted by atomic mass is 10.2. The lowest BCUT2D eigenvalue weighted by Crippen LogP contribution is -2.50. The highest BCUT2D eigenvalue weighted by Crippen LogP contribution is 2.03. The van der Waals surface area contributed by atoms with E-state index in [0.29, 0.717) is 0 Å². The molecule has 0 heterocycles. The van der Waals surface area contributed by atoms with E-state index in [-0.39, 0.29) is 6.61 Å². The first kappa shape index (κ1) is 18.1. The molecule has 0 saturated carbocycles. The Morgan fingerprint density at radius 2 is 1.86 bits per heavy atom. The summed E-state index contributed by atoms with van der Waals surface area (Å²) in [6.07, 6.45) is -1.25. The standard InChI is InChI=1S/C13H18N2O6S/c1-9(21-22(2,18)19)11(14)12(16)15-13(17)20-8-10-6-4-3-5-7-10/h3-7,9,11H,8,14H2,1-2H3,(H,15,16,17). The molecule has 0 aliphatic carbocycles. The van der Waals surface area contributed by atoms with Gasteiger partial charge in [-0.25, -0.2) is 4.79 Å². The topological polar surface area (TPSA) is 125 Å². The minimum atomic E-state index is -3.75. The van der Waals surface area contributed by atoms with Crippen molar-refractivity contribution in [3.8, 4) is 0 Å². The van der Waals surface area contributed by atoms with Gasteiger partial charge in [0.15, 0.2) is 0 Å². The number of ether oxygens (including phenoxy) is 1. The summed E-state index contributed by atoms with van der Waals surface area (Å²) >= 11 is 0. The van der Waals surface area contributed by atoms with Crippen molar-refractivity contribution >= 4 is 22.1 Å². The molecule has 0 aliphatic rings. The van der Waals surface area contributed by atoms with Crippen LogP contribution in [-0.2, 0) is 30.4 Å². The van der Waals surface area contributed by atoms with Crippen molar-refractivity contribution < 1.29 is 26.9 Å². The quantitative estimate of drug-likeness (QED) is 0.710. The minimum absolute atomic E-state index is 0.00934. The van der Waals surface area contributed by atoms with Crippen molar-refractivity contribution in [1.29, 1.82) is 0 Å². The van der Waals surface area contributed by atoms with Crippen LogP contribution >= 0.6 is 0 Å². The molecule has 9 heteroatoms. The molecule has 0 spiro atoms. The smallest absolute Gasteiger partial charge is 0.414 e. The first-order valence-electron chi connectivity index (χ1n) is 6.34. The van der Waals surface area contributed by atoms with E-state index in [1.807, 2.05) is 11.4 Å². The third kappa shape index (κ3) is 6.66. The molecule has 8 nitrogen and oxygen atoms in total. The zero-order valence-electron chi connectivity index (χ0n) is 12.2. The van der Waals surface area contributed by atoms with E-state index in [4.69, 9.17) is 10.5 Å².